The molecule has 1 aromatic carbocycles. The SMILES string of the molecule is CCCCCCCC1CCC(C2CCC(OC(=O)/C=C\C(=O)OCc3cc(N)cc(N)c3)CC2)CC1. The monoisotopic (exact) mass is 498 g/mol. The maximum absolute atomic E-state index is 12.2. The summed E-state index contributed by atoms with van der Waals surface area (Å²) >= 11 is 0. The minimum atomic E-state index is -0.604. The molecular weight excluding hydrogens is 452 g/mol. The van der Waals surface area contributed by atoms with Gasteiger partial charge in [-0.15, -0.1) is 0 Å². The molecule has 0 amide bonds. The van der Waals surface area contributed by atoms with Gasteiger partial charge >= 0.3 is 11.9 Å². The number of anilines is 2. The highest BCUT2D eigenvalue weighted by Crippen LogP contribution is 2.41. The highest BCUT2D eigenvalue weighted by molar-refractivity contribution is 5.91. The Labute approximate surface area is 217 Å². The van der Waals surface area contributed by atoms with Crippen LogP contribution < -0.4 is 11.5 Å². The fourth-order valence-corrected chi connectivity index (χ4v) is 6.03. The molecule has 0 heterocycles. The molecule has 2 aliphatic rings. The number of unbranched alkanes of at least 4 members (excludes halogenated alkanes) is 4. The smallest absolute Gasteiger partial charge is 0.331 e. The van der Waals surface area contributed by atoms with Crippen LogP contribution in [0.15, 0.2) is 30.4 Å². The highest BCUT2D eigenvalue weighted by Gasteiger charge is 2.31. The molecule has 0 radical (unpaired) electrons. The number of nitrogens with two attached hydrogens (primary N) is 2. The van der Waals surface area contributed by atoms with Crippen LogP contribution >= 0.6 is 0 Å². The first-order chi connectivity index (χ1) is 17.4. The van der Waals surface area contributed by atoms with Crippen LogP contribution in [0, 0.1) is 17.8 Å². The van der Waals surface area contributed by atoms with E-state index in [4.69, 9.17) is 20.9 Å². The number of carbonyl (C=O) groups is 2. The predicted molar refractivity (Wildman–Crippen MR) is 145 cm³/mol. The average Bonchev–Trinajstić information content (AvgIpc) is 2.86. The molecule has 6 heteroatoms. The van der Waals surface area contributed by atoms with E-state index in [1.807, 2.05) is 0 Å². The average molecular weight is 499 g/mol. The van der Waals surface area contributed by atoms with Gasteiger partial charge in [0.2, 0.25) is 0 Å². The fraction of sp³-hybridized carbons (Fsp3) is 0.667. The highest BCUT2D eigenvalue weighted by atomic mass is 16.5. The van der Waals surface area contributed by atoms with E-state index in [9.17, 15) is 9.59 Å². The van der Waals surface area contributed by atoms with E-state index in [-0.39, 0.29) is 12.7 Å². The van der Waals surface area contributed by atoms with Crippen LogP contribution in [0.1, 0.15) is 102 Å². The second kappa shape index (κ2) is 14.9. The molecule has 0 aromatic heterocycles. The van der Waals surface area contributed by atoms with E-state index in [0.29, 0.717) is 16.9 Å². The number of hydrogen-bond acceptors (Lipinski definition) is 6. The first-order valence-corrected chi connectivity index (χ1v) is 14.1. The van der Waals surface area contributed by atoms with E-state index in [2.05, 4.69) is 6.92 Å². The molecule has 4 N–H and O–H groups in total. The second-order valence-electron chi connectivity index (χ2n) is 10.9. The quantitative estimate of drug-likeness (QED) is 0.143. The van der Waals surface area contributed by atoms with E-state index in [1.54, 1.807) is 18.2 Å². The Bertz CT molecular complexity index is 832. The second-order valence-corrected chi connectivity index (χ2v) is 10.9. The Morgan fingerprint density at radius 1 is 0.806 bits per heavy atom. The standard InChI is InChI=1S/C30H46N2O4/c1-2-3-4-5-6-7-22-8-10-24(11-9-22)25-12-14-28(15-13-25)36-30(34)17-16-29(33)35-21-23-18-26(31)20-27(32)19-23/h16-20,22,24-25,28H,2-15,21,31-32H2,1H3/b17-16-. The number of esters is 2. The van der Waals surface area contributed by atoms with Crippen molar-refractivity contribution in [3.05, 3.63) is 35.9 Å². The van der Waals surface area contributed by atoms with Crippen LogP contribution in [0.25, 0.3) is 0 Å². The van der Waals surface area contributed by atoms with Gasteiger partial charge in [0.25, 0.3) is 0 Å². The molecule has 2 aliphatic carbocycles. The summed E-state index contributed by atoms with van der Waals surface area (Å²) in [6.07, 6.45) is 20.2. The summed E-state index contributed by atoms with van der Waals surface area (Å²) in [5, 5.41) is 0. The number of benzene rings is 1. The van der Waals surface area contributed by atoms with E-state index >= 15 is 0 Å². The molecule has 1 aromatic rings. The zero-order chi connectivity index (χ0) is 25.8. The molecular formula is C30H46N2O4. The summed E-state index contributed by atoms with van der Waals surface area (Å²) in [7, 11) is 0. The van der Waals surface area contributed by atoms with Crippen molar-refractivity contribution in [3.63, 3.8) is 0 Å². The largest absolute Gasteiger partial charge is 0.459 e. The summed E-state index contributed by atoms with van der Waals surface area (Å²) in [6, 6.07) is 5.02. The maximum Gasteiger partial charge on any atom is 0.331 e. The molecule has 0 spiro atoms. The van der Waals surface area contributed by atoms with Gasteiger partial charge in [0.1, 0.15) is 12.7 Å². The van der Waals surface area contributed by atoms with Crippen molar-refractivity contribution in [2.24, 2.45) is 17.8 Å². The topological polar surface area (TPSA) is 105 Å². The van der Waals surface area contributed by atoms with Crippen molar-refractivity contribution in [2.45, 2.75) is 110 Å². The molecule has 3 rings (SSSR count). The lowest BCUT2D eigenvalue weighted by atomic mass is 9.70. The van der Waals surface area contributed by atoms with Crippen molar-refractivity contribution in [1.82, 2.24) is 0 Å². The first-order valence-electron chi connectivity index (χ1n) is 14.1. The van der Waals surface area contributed by atoms with Gasteiger partial charge in [-0.05, 0) is 80.0 Å². The first kappa shape index (κ1) is 28.1. The van der Waals surface area contributed by atoms with Gasteiger partial charge in [-0.2, -0.15) is 0 Å². The Morgan fingerprint density at radius 2 is 1.39 bits per heavy atom. The van der Waals surface area contributed by atoms with Crippen molar-refractivity contribution in [2.75, 3.05) is 11.5 Å². The van der Waals surface area contributed by atoms with E-state index < -0.39 is 11.9 Å². The third-order valence-electron chi connectivity index (χ3n) is 8.05. The van der Waals surface area contributed by atoms with Crippen molar-refractivity contribution in [1.29, 1.82) is 0 Å². The number of rotatable bonds is 12. The van der Waals surface area contributed by atoms with Crippen molar-refractivity contribution < 1.29 is 19.1 Å². The van der Waals surface area contributed by atoms with Gasteiger partial charge in [0.15, 0.2) is 0 Å². The fourth-order valence-electron chi connectivity index (χ4n) is 6.03. The zero-order valence-corrected chi connectivity index (χ0v) is 22.1. The van der Waals surface area contributed by atoms with E-state index in [1.165, 1.54) is 64.2 Å². The number of carbonyl (C=O) groups excluding carboxylic acids is 2. The lowest BCUT2D eigenvalue weighted by Gasteiger charge is -2.37. The summed E-state index contributed by atoms with van der Waals surface area (Å²) in [5.41, 5.74) is 13.2. The molecule has 200 valence electrons. The van der Waals surface area contributed by atoms with Gasteiger partial charge < -0.3 is 20.9 Å². The Morgan fingerprint density at radius 3 is 2.03 bits per heavy atom. The van der Waals surface area contributed by atoms with Crippen molar-refractivity contribution in [3.8, 4) is 0 Å². The zero-order valence-electron chi connectivity index (χ0n) is 22.1. The van der Waals surface area contributed by atoms with Crippen LogP contribution in [0.5, 0.6) is 0 Å². The third-order valence-corrected chi connectivity index (χ3v) is 8.05. The third kappa shape index (κ3) is 9.87. The lowest BCUT2D eigenvalue weighted by molar-refractivity contribution is -0.146. The van der Waals surface area contributed by atoms with Gasteiger partial charge in [-0.1, -0.05) is 58.3 Å². The molecule has 36 heavy (non-hydrogen) atoms. The Hall–Kier alpha value is -2.50. The van der Waals surface area contributed by atoms with Crippen LogP contribution in [0.4, 0.5) is 11.4 Å². The Kier molecular flexibility index (Phi) is 11.6. The molecule has 2 fully saturated rings. The maximum atomic E-state index is 12.2. The minimum absolute atomic E-state index is 0.0400. The van der Waals surface area contributed by atoms with Crippen molar-refractivity contribution >= 4 is 23.3 Å². The molecule has 0 atom stereocenters. The number of ether oxygens (including phenoxy) is 2. The van der Waals surface area contributed by atoms with Crippen LogP contribution in [0.3, 0.4) is 0 Å². The van der Waals surface area contributed by atoms with Gasteiger partial charge in [0, 0.05) is 23.5 Å². The normalized spacial score (nSPS) is 24.5. The predicted octanol–water partition coefficient (Wildman–Crippen LogP) is 6.72. The lowest BCUT2D eigenvalue weighted by Crippen LogP contribution is -2.29. The molecule has 2 saturated carbocycles. The van der Waals surface area contributed by atoms with Gasteiger partial charge in [-0.3, -0.25) is 0 Å². The number of nitrogen functional groups attached to an aromatic ring is 2. The van der Waals surface area contributed by atoms with Crippen LogP contribution in [0.2, 0.25) is 0 Å². The Balaban J connectivity index is 1.28. The van der Waals surface area contributed by atoms with Crippen LogP contribution in [-0.4, -0.2) is 18.0 Å². The molecule has 0 unspecified atom stereocenters. The van der Waals surface area contributed by atoms with E-state index in [0.717, 1.165) is 55.6 Å². The molecule has 0 saturated heterocycles. The summed E-state index contributed by atoms with van der Waals surface area (Å²) < 4.78 is 10.8. The molecule has 6 nitrogen and oxygen atoms in total. The van der Waals surface area contributed by atoms with Crippen LogP contribution in [-0.2, 0) is 25.7 Å². The minimum Gasteiger partial charge on any atom is -0.459 e. The summed E-state index contributed by atoms with van der Waals surface area (Å²) in [5.74, 6) is 1.49. The number of hydrogen-bond donors (Lipinski definition) is 2. The van der Waals surface area contributed by atoms with Gasteiger partial charge in [0.05, 0.1) is 0 Å². The summed E-state index contributed by atoms with van der Waals surface area (Å²) in [6.45, 7) is 2.32. The molecule has 0 aliphatic heterocycles. The summed E-state index contributed by atoms with van der Waals surface area (Å²) in [4.78, 5) is 24.1. The van der Waals surface area contributed by atoms with Gasteiger partial charge in [-0.25, -0.2) is 9.59 Å². The molecule has 0 bridgehead atoms.